The van der Waals surface area contributed by atoms with Crippen molar-refractivity contribution >= 4 is 0 Å². The van der Waals surface area contributed by atoms with E-state index < -0.39 is 5.60 Å². The predicted molar refractivity (Wildman–Crippen MR) is 123 cm³/mol. The Morgan fingerprint density at radius 3 is 2.35 bits per heavy atom. The highest BCUT2D eigenvalue weighted by Crippen LogP contribution is 2.68. The van der Waals surface area contributed by atoms with Gasteiger partial charge in [0.1, 0.15) is 0 Å². The Morgan fingerprint density at radius 2 is 1.68 bits per heavy atom. The lowest BCUT2D eigenvalue weighted by Gasteiger charge is -2.63. The molecule has 0 heterocycles. The number of rotatable bonds is 5. The van der Waals surface area contributed by atoms with Crippen LogP contribution >= 0.6 is 0 Å². The van der Waals surface area contributed by atoms with Gasteiger partial charge in [-0.25, -0.2) is 0 Å². The molecule has 180 valence electrons. The highest BCUT2D eigenvalue weighted by Gasteiger charge is 2.65. The number of hydrogen-bond acceptors (Lipinski definition) is 4. The fraction of sp³-hybridized carbons (Fsp3) is 1.00. The van der Waals surface area contributed by atoms with E-state index in [4.69, 9.17) is 0 Å². The van der Waals surface area contributed by atoms with Crippen LogP contribution in [0.15, 0.2) is 0 Å². The number of fused-ring (bicyclic) bond motifs is 5. The third-order valence-corrected chi connectivity index (χ3v) is 11.0. The van der Waals surface area contributed by atoms with Gasteiger partial charge < -0.3 is 20.4 Å². The van der Waals surface area contributed by atoms with Gasteiger partial charge in [0.05, 0.1) is 23.9 Å². The summed E-state index contributed by atoms with van der Waals surface area (Å²) in [6.45, 7) is 10.8. The Morgan fingerprint density at radius 1 is 0.968 bits per heavy atom. The summed E-state index contributed by atoms with van der Waals surface area (Å²) in [6.07, 6.45) is 8.73. The van der Waals surface area contributed by atoms with Crippen LogP contribution in [0.25, 0.3) is 0 Å². The number of aliphatic hydroxyl groups excluding tert-OH is 3. The fourth-order valence-electron chi connectivity index (χ4n) is 9.19. The monoisotopic (exact) mass is 436 g/mol. The summed E-state index contributed by atoms with van der Waals surface area (Å²) in [7, 11) is 0. The van der Waals surface area contributed by atoms with Crippen LogP contribution in [-0.4, -0.2) is 44.3 Å². The molecule has 31 heavy (non-hydrogen) atoms. The predicted octanol–water partition coefficient (Wildman–Crippen LogP) is 4.53. The molecular weight excluding hydrogens is 388 g/mol. The first-order valence-electron chi connectivity index (χ1n) is 13.1. The Labute approximate surface area is 189 Å². The zero-order chi connectivity index (χ0) is 22.8. The molecule has 4 saturated carbocycles. The second-order valence-electron chi connectivity index (χ2n) is 13.2. The Balaban J connectivity index is 1.54. The first-order chi connectivity index (χ1) is 14.4. The fourth-order valence-corrected chi connectivity index (χ4v) is 9.19. The van der Waals surface area contributed by atoms with Gasteiger partial charge >= 0.3 is 0 Å². The molecule has 4 aliphatic carbocycles. The van der Waals surface area contributed by atoms with Gasteiger partial charge in [-0.15, -0.1) is 0 Å². The van der Waals surface area contributed by atoms with Gasteiger partial charge in [0.2, 0.25) is 0 Å². The van der Waals surface area contributed by atoms with E-state index >= 15 is 0 Å². The number of hydrogen-bond donors (Lipinski definition) is 4. The normalized spacial score (nSPS) is 51.0. The molecule has 0 amide bonds. The van der Waals surface area contributed by atoms with E-state index in [2.05, 4.69) is 20.8 Å². The third-order valence-electron chi connectivity index (χ3n) is 11.0. The molecule has 11 atom stereocenters. The summed E-state index contributed by atoms with van der Waals surface area (Å²) < 4.78 is 0. The van der Waals surface area contributed by atoms with Crippen LogP contribution in [0.2, 0.25) is 0 Å². The molecule has 4 rings (SSSR count). The summed E-state index contributed by atoms with van der Waals surface area (Å²) in [5.74, 6) is 2.44. The molecule has 4 aliphatic rings. The van der Waals surface area contributed by atoms with Crippen LogP contribution in [0.3, 0.4) is 0 Å². The van der Waals surface area contributed by atoms with Crippen molar-refractivity contribution in [2.24, 2.45) is 46.3 Å². The van der Waals surface area contributed by atoms with E-state index in [1.165, 1.54) is 0 Å². The minimum Gasteiger partial charge on any atom is -0.393 e. The van der Waals surface area contributed by atoms with E-state index in [0.29, 0.717) is 35.5 Å². The number of aliphatic hydroxyl groups is 4. The van der Waals surface area contributed by atoms with Crippen molar-refractivity contribution in [2.45, 2.75) is 123 Å². The van der Waals surface area contributed by atoms with Gasteiger partial charge in [0.25, 0.3) is 0 Å². The molecule has 4 fully saturated rings. The van der Waals surface area contributed by atoms with Crippen LogP contribution in [0.5, 0.6) is 0 Å². The van der Waals surface area contributed by atoms with Crippen LogP contribution < -0.4 is 0 Å². The molecule has 0 saturated heterocycles. The topological polar surface area (TPSA) is 80.9 Å². The van der Waals surface area contributed by atoms with Crippen LogP contribution in [0, 0.1) is 46.3 Å². The molecule has 0 bridgehead atoms. The first kappa shape index (κ1) is 24.0. The van der Waals surface area contributed by atoms with Gasteiger partial charge in [-0.05, 0) is 112 Å². The zero-order valence-electron chi connectivity index (χ0n) is 20.6. The van der Waals surface area contributed by atoms with Crippen molar-refractivity contribution in [2.75, 3.05) is 0 Å². The van der Waals surface area contributed by atoms with E-state index in [1.807, 2.05) is 13.8 Å². The van der Waals surface area contributed by atoms with Gasteiger partial charge in [0.15, 0.2) is 0 Å². The quantitative estimate of drug-likeness (QED) is 0.511. The standard InChI is InChI=1S/C27H48O4/c1-16(7-6-11-25(2,3)31)19-8-9-20-24-21(15-23(30)27(19,20)5)26(4)12-10-18(28)13-17(26)14-22(24)29/h16-24,28-31H,6-15H2,1-5H3/t16-,17-,18+,19+,20-,21-,22-,23-,24-,26+,27+/m1/s1. The second kappa shape index (κ2) is 8.25. The summed E-state index contributed by atoms with van der Waals surface area (Å²) >= 11 is 0. The maximum atomic E-state index is 11.6. The van der Waals surface area contributed by atoms with Crippen LogP contribution in [0.1, 0.15) is 98.8 Å². The van der Waals surface area contributed by atoms with Crippen LogP contribution in [-0.2, 0) is 0 Å². The molecule has 4 heteroatoms. The first-order valence-corrected chi connectivity index (χ1v) is 13.1. The summed E-state index contributed by atoms with van der Waals surface area (Å²) in [6, 6.07) is 0. The molecular formula is C27H48O4. The SMILES string of the molecule is C[C@H](CCCC(C)(C)O)[C@@H]1CC[C@@H]2[C@H]3[C@H](O)C[C@H]4C[C@@H](O)CC[C@]4(C)[C@@H]3C[C@@H](O)[C@]21C. The Hall–Kier alpha value is -0.160. The summed E-state index contributed by atoms with van der Waals surface area (Å²) in [5.41, 5.74) is -0.583. The van der Waals surface area contributed by atoms with Crippen molar-refractivity contribution in [1.82, 2.24) is 0 Å². The maximum absolute atomic E-state index is 11.6. The zero-order valence-corrected chi connectivity index (χ0v) is 20.6. The average Bonchev–Trinajstić information content (AvgIpc) is 3.01. The van der Waals surface area contributed by atoms with Crippen LogP contribution in [0.4, 0.5) is 0 Å². The highest BCUT2D eigenvalue weighted by atomic mass is 16.3. The molecule has 4 nitrogen and oxygen atoms in total. The Kier molecular flexibility index (Phi) is 6.38. The molecule has 0 aliphatic heterocycles. The lowest BCUT2D eigenvalue weighted by atomic mass is 9.43. The molecule has 0 aromatic carbocycles. The molecule has 0 radical (unpaired) electrons. The van der Waals surface area contributed by atoms with Crippen molar-refractivity contribution in [1.29, 1.82) is 0 Å². The van der Waals surface area contributed by atoms with E-state index in [9.17, 15) is 20.4 Å². The Bertz CT molecular complexity index is 644. The molecule has 0 aromatic heterocycles. The molecule has 0 aromatic rings. The van der Waals surface area contributed by atoms with E-state index in [-0.39, 0.29) is 29.1 Å². The largest absolute Gasteiger partial charge is 0.393 e. The lowest BCUT2D eigenvalue weighted by Crippen LogP contribution is -2.62. The lowest BCUT2D eigenvalue weighted by molar-refractivity contribution is -0.207. The second-order valence-corrected chi connectivity index (χ2v) is 13.2. The van der Waals surface area contributed by atoms with Crippen molar-refractivity contribution in [3.63, 3.8) is 0 Å². The van der Waals surface area contributed by atoms with Gasteiger partial charge in [-0.3, -0.25) is 0 Å². The van der Waals surface area contributed by atoms with Gasteiger partial charge in [-0.2, -0.15) is 0 Å². The van der Waals surface area contributed by atoms with Gasteiger partial charge in [0, 0.05) is 0 Å². The average molecular weight is 437 g/mol. The van der Waals surface area contributed by atoms with Crippen molar-refractivity contribution in [3.8, 4) is 0 Å². The van der Waals surface area contributed by atoms with E-state index in [0.717, 1.165) is 64.2 Å². The van der Waals surface area contributed by atoms with Gasteiger partial charge in [-0.1, -0.05) is 33.6 Å². The molecule has 0 unspecified atom stereocenters. The summed E-state index contributed by atoms with van der Waals surface area (Å²) in [4.78, 5) is 0. The molecule has 4 N–H and O–H groups in total. The molecule has 0 spiro atoms. The maximum Gasteiger partial charge on any atom is 0.0602 e. The highest BCUT2D eigenvalue weighted by molar-refractivity contribution is 5.14. The van der Waals surface area contributed by atoms with Crippen molar-refractivity contribution < 1.29 is 20.4 Å². The minimum atomic E-state index is -0.606. The van der Waals surface area contributed by atoms with E-state index in [1.54, 1.807) is 0 Å². The smallest absolute Gasteiger partial charge is 0.0602 e. The third kappa shape index (κ3) is 4.02. The minimum absolute atomic E-state index is 0.117. The summed E-state index contributed by atoms with van der Waals surface area (Å²) in [5, 5.41) is 43.3. The van der Waals surface area contributed by atoms with Crippen molar-refractivity contribution in [3.05, 3.63) is 0 Å².